The summed E-state index contributed by atoms with van der Waals surface area (Å²) in [6.45, 7) is 5.20. The molecule has 21 heavy (non-hydrogen) atoms. The average Bonchev–Trinajstić information content (AvgIpc) is 2.38. The summed E-state index contributed by atoms with van der Waals surface area (Å²) in [5, 5.41) is 5.97. The molecule has 0 radical (unpaired) electrons. The Morgan fingerprint density at radius 2 is 2.14 bits per heavy atom. The van der Waals surface area contributed by atoms with E-state index in [1.807, 2.05) is 6.92 Å². The van der Waals surface area contributed by atoms with Crippen molar-refractivity contribution in [2.75, 3.05) is 13.2 Å². The molecule has 1 aliphatic heterocycles. The van der Waals surface area contributed by atoms with E-state index in [2.05, 4.69) is 10.6 Å². The van der Waals surface area contributed by atoms with Crippen LogP contribution in [0.1, 0.15) is 52.4 Å². The molecule has 0 aromatic heterocycles. The van der Waals surface area contributed by atoms with Crippen molar-refractivity contribution in [3.8, 4) is 0 Å². The van der Waals surface area contributed by atoms with Crippen LogP contribution < -0.4 is 10.6 Å². The number of amides is 2. The molecule has 1 spiro atoms. The molecule has 3 atom stereocenters. The lowest BCUT2D eigenvalue weighted by molar-refractivity contribution is -0.178. The molecule has 0 unspecified atom stereocenters. The van der Waals surface area contributed by atoms with Crippen molar-refractivity contribution in [3.05, 3.63) is 0 Å². The third-order valence-corrected chi connectivity index (χ3v) is 5.88. The fourth-order valence-electron chi connectivity index (χ4n) is 4.13. The van der Waals surface area contributed by atoms with E-state index in [9.17, 15) is 9.59 Å². The topological polar surface area (TPSA) is 67.4 Å². The maximum Gasteiger partial charge on any atom is 0.235 e. The van der Waals surface area contributed by atoms with Crippen molar-refractivity contribution in [2.24, 2.45) is 10.8 Å². The number of piperidine rings is 1. The van der Waals surface area contributed by atoms with Crippen LogP contribution in [0.5, 0.6) is 0 Å². The number of rotatable bonds is 4. The zero-order valence-corrected chi connectivity index (χ0v) is 13.0. The van der Waals surface area contributed by atoms with E-state index < -0.39 is 5.41 Å². The molecular formula is C16H26N2O3. The first-order valence-corrected chi connectivity index (χ1v) is 8.24. The third kappa shape index (κ3) is 2.17. The summed E-state index contributed by atoms with van der Waals surface area (Å²) in [6, 6.07) is 0.182. The van der Waals surface area contributed by atoms with E-state index in [-0.39, 0.29) is 29.4 Å². The van der Waals surface area contributed by atoms with Crippen LogP contribution in [0.3, 0.4) is 0 Å². The van der Waals surface area contributed by atoms with Gasteiger partial charge in [-0.15, -0.1) is 0 Å². The number of carbonyl (C=O) groups is 2. The van der Waals surface area contributed by atoms with Crippen molar-refractivity contribution in [1.29, 1.82) is 0 Å². The monoisotopic (exact) mass is 294 g/mol. The van der Waals surface area contributed by atoms with Gasteiger partial charge in [0.05, 0.1) is 6.10 Å². The molecule has 3 aliphatic rings. The molecule has 0 bridgehead atoms. The van der Waals surface area contributed by atoms with Crippen LogP contribution in [0, 0.1) is 10.8 Å². The maximum atomic E-state index is 12.6. The van der Waals surface area contributed by atoms with Crippen LogP contribution in [-0.2, 0) is 14.3 Å². The Hall–Kier alpha value is -1.10. The molecule has 3 fully saturated rings. The third-order valence-electron chi connectivity index (χ3n) is 5.88. The Morgan fingerprint density at radius 1 is 1.38 bits per heavy atom. The number of ether oxygens (including phenoxy) is 1. The summed E-state index contributed by atoms with van der Waals surface area (Å²) >= 11 is 0. The quantitative estimate of drug-likeness (QED) is 0.770. The minimum absolute atomic E-state index is 0.106. The number of nitrogens with one attached hydrogen (secondary N) is 2. The lowest BCUT2D eigenvalue weighted by atomic mass is 9.51. The summed E-state index contributed by atoms with van der Waals surface area (Å²) in [4.78, 5) is 24.7. The highest BCUT2D eigenvalue weighted by Gasteiger charge is 2.60. The number of hydrogen-bond donors (Lipinski definition) is 2. The number of carbonyl (C=O) groups excluding carboxylic acids is 2. The Kier molecular flexibility index (Phi) is 3.72. The zero-order valence-electron chi connectivity index (χ0n) is 13.0. The second kappa shape index (κ2) is 5.27. The lowest BCUT2D eigenvalue weighted by Gasteiger charge is -2.61. The van der Waals surface area contributed by atoms with E-state index in [0.717, 1.165) is 32.3 Å². The lowest BCUT2D eigenvalue weighted by Crippen LogP contribution is -2.69. The van der Waals surface area contributed by atoms with Gasteiger partial charge < -0.3 is 15.4 Å². The van der Waals surface area contributed by atoms with Crippen molar-refractivity contribution in [3.63, 3.8) is 0 Å². The molecule has 0 aromatic rings. The van der Waals surface area contributed by atoms with Gasteiger partial charge in [0.1, 0.15) is 5.41 Å². The summed E-state index contributed by atoms with van der Waals surface area (Å²) in [5.74, 6) is -0.236. The van der Waals surface area contributed by atoms with E-state index in [0.29, 0.717) is 13.0 Å². The normalized spacial score (nSPS) is 37.3. The smallest absolute Gasteiger partial charge is 0.235 e. The van der Waals surface area contributed by atoms with Crippen LogP contribution in [0.4, 0.5) is 0 Å². The van der Waals surface area contributed by atoms with Gasteiger partial charge in [0.15, 0.2) is 0 Å². The second-order valence-electron chi connectivity index (χ2n) is 6.98. The van der Waals surface area contributed by atoms with Crippen LogP contribution in [0.2, 0.25) is 0 Å². The van der Waals surface area contributed by atoms with Crippen LogP contribution >= 0.6 is 0 Å². The van der Waals surface area contributed by atoms with Crippen molar-refractivity contribution in [2.45, 2.75) is 64.5 Å². The Labute approximate surface area is 126 Å². The van der Waals surface area contributed by atoms with Crippen molar-refractivity contribution < 1.29 is 14.3 Å². The first kappa shape index (κ1) is 14.8. The highest BCUT2D eigenvalue weighted by atomic mass is 16.5. The summed E-state index contributed by atoms with van der Waals surface area (Å²) in [7, 11) is 0. The zero-order chi connectivity index (χ0) is 15.1. The maximum absolute atomic E-state index is 12.6. The van der Waals surface area contributed by atoms with Gasteiger partial charge in [-0.1, -0.05) is 6.42 Å². The minimum atomic E-state index is -0.903. The number of hydrogen-bond acceptors (Lipinski definition) is 3. The van der Waals surface area contributed by atoms with Crippen LogP contribution in [0.25, 0.3) is 0 Å². The molecule has 0 aromatic carbocycles. The Balaban J connectivity index is 1.64. The van der Waals surface area contributed by atoms with Crippen LogP contribution in [0.15, 0.2) is 0 Å². The molecule has 118 valence electrons. The highest BCUT2D eigenvalue weighted by molar-refractivity contribution is 6.05. The predicted molar refractivity (Wildman–Crippen MR) is 78.6 cm³/mol. The molecule has 1 saturated heterocycles. The second-order valence-corrected chi connectivity index (χ2v) is 6.98. The molecule has 5 nitrogen and oxygen atoms in total. The van der Waals surface area contributed by atoms with E-state index in [4.69, 9.17) is 4.74 Å². The largest absolute Gasteiger partial charge is 0.378 e. The van der Waals surface area contributed by atoms with Crippen molar-refractivity contribution in [1.82, 2.24) is 10.6 Å². The van der Waals surface area contributed by atoms with Gasteiger partial charge >= 0.3 is 0 Å². The van der Waals surface area contributed by atoms with Gasteiger partial charge in [0.25, 0.3) is 0 Å². The van der Waals surface area contributed by atoms with Gasteiger partial charge in [-0.3, -0.25) is 9.59 Å². The van der Waals surface area contributed by atoms with Gasteiger partial charge in [-0.25, -0.2) is 0 Å². The van der Waals surface area contributed by atoms with E-state index >= 15 is 0 Å². The SMILES string of the molecule is CCO[C@@H]1C[C@H](NC(=O)[C@]2(C)CCCNC2=O)C12CCC2. The first-order valence-electron chi connectivity index (χ1n) is 8.24. The standard InChI is InChI=1S/C16H26N2O3/c1-3-21-12-10-11(16(12)7-4-8-16)18-14(20)15(2)6-5-9-17-13(15)19/h11-12H,3-10H2,1-2H3,(H,17,19)(H,18,20)/t11-,12+,15+/m0/s1. The summed E-state index contributed by atoms with van der Waals surface area (Å²) in [5.41, 5.74) is -0.757. The molecule has 2 saturated carbocycles. The molecule has 1 heterocycles. The van der Waals surface area contributed by atoms with E-state index in [1.54, 1.807) is 6.92 Å². The Bertz CT molecular complexity index is 447. The minimum Gasteiger partial charge on any atom is -0.378 e. The molecule has 3 rings (SSSR count). The molecule has 2 amide bonds. The molecule has 2 aliphatic carbocycles. The Morgan fingerprint density at radius 3 is 2.71 bits per heavy atom. The van der Waals surface area contributed by atoms with Gasteiger partial charge in [0.2, 0.25) is 11.8 Å². The van der Waals surface area contributed by atoms with Gasteiger partial charge in [-0.2, -0.15) is 0 Å². The fraction of sp³-hybridized carbons (Fsp3) is 0.875. The van der Waals surface area contributed by atoms with Crippen molar-refractivity contribution >= 4 is 11.8 Å². The van der Waals surface area contributed by atoms with Gasteiger partial charge in [-0.05, 0) is 46.0 Å². The predicted octanol–water partition coefficient (Wildman–Crippen LogP) is 1.37. The average molecular weight is 294 g/mol. The molecule has 5 heteroatoms. The fourth-order valence-corrected chi connectivity index (χ4v) is 4.13. The summed E-state index contributed by atoms with van der Waals surface area (Å²) < 4.78 is 5.81. The first-order chi connectivity index (χ1) is 10.0. The highest BCUT2D eigenvalue weighted by Crippen LogP contribution is 2.57. The molecular weight excluding hydrogens is 268 g/mol. The summed E-state index contributed by atoms with van der Waals surface area (Å²) in [6.07, 6.45) is 6.16. The van der Waals surface area contributed by atoms with Crippen LogP contribution in [-0.4, -0.2) is 37.1 Å². The molecule has 2 N–H and O–H groups in total. The van der Waals surface area contributed by atoms with Gasteiger partial charge in [0, 0.05) is 24.6 Å². The van der Waals surface area contributed by atoms with E-state index in [1.165, 1.54) is 6.42 Å².